The van der Waals surface area contributed by atoms with Crippen LogP contribution in [-0.4, -0.2) is 68.9 Å². The second-order valence-corrected chi connectivity index (χ2v) is 10.7. The Kier molecular flexibility index (Phi) is 7.38. The summed E-state index contributed by atoms with van der Waals surface area (Å²) >= 11 is 6.59. The van der Waals surface area contributed by atoms with E-state index >= 15 is 0 Å². The molecule has 0 radical (unpaired) electrons. The van der Waals surface area contributed by atoms with Gasteiger partial charge in [-0.25, -0.2) is 4.98 Å². The number of imidazole rings is 1. The molecule has 0 unspecified atom stereocenters. The lowest BCUT2D eigenvalue weighted by molar-refractivity contribution is -0.144. The normalized spacial score (nSPS) is 14.5. The molecule has 1 aliphatic heterocycles. The first kappa shape index (κ1) is 26.8. The highest BCUT2D eigenvalue weighted by Crippen LogP contribution is 2.38. The van der Waals surface area contributed by atoms with Crippen molar-refractivity contribution in [2.24, 2.45) is 5.41 Å². The predicted molar refractivity (Wildman–Crippen MR) is 149 cm³/mol. The Morgan fingerprint density at radius 3 is 2.49 bits per heavy atom. The van der Waals surface area contributed by atoms with Crippen LogP contribution in [0.25, 0.3) is 33.5 Å². The number of nitrogens with one attached hydrogen (secondary N) is 1. The van der Waals surface area contributed by atoms with E-state index in [4.69, 9.17) is 21.1 Å². The number of benzene rings is 2. The number of likely N-dealkylation sites (tertiary alicyclic amines) is 1. The molecule has 2 aromatic carbocycles. The maximum Gasteiger partial charge on any atom is 0.296 e. The summed E-state index contributed by atoms with van der Waals surface area (Å²) in [5, 5.41) is 20.4. The van der Waals surface area contributed by atoms with Crippen molar-refractivity contribution in [1.29, 1.82) is 0 Å². The summed E-state index contributed by atoms with van der Waals surface area (Å²) in [7, 11) is 1.52. The number of ether oxygens (including phenoxy) is 2. The van der Waals surface area contributed by atoms with Crippen LogP contribution in [0.15, 0.2) is 48.5 Å². The molecule has 3 heterocycles. The fraction of sp³-hybridized carbons (Fsp3) is 0.345. The number of aliphatic hydroxyl groups excluding tert-OH is 1. The molecule has 204 valence electrons. The zero-order chi connectivity index (χ0) is 27.7. The molecule has 0 saturated carbocycles. The number of aromatic amines is 1. The third-order valence-corrected chi connectivity index (χ3v) is 7.36. The number of pyridine rings is 1. The summed E-state index contributed by atoms with van der Waals surface area (Å²) < 4.78 is 11.3. The lowest BCUT2D eigenvalue weighted by Crippen LogP contribution is -2.48. The highest BCUT2D eigenvalue weighted by Gasteiger charge is 2.34. The Morgan fingerprint density at radius 2 is 1.82 bits per heavy atom. The molecule has 9 nitrogen and oxygen atoms in total. The quantitative estimate of drug-likeness (QED) is 0.294. The van der Waals surface area contributed by atoms with Gasteiger partial charge in [-0.15, -0.1) is 0 Å². The van der Waals surface area contributed by atoms with Crippen LogP contribution in [0, 0.1) is 5.41 Å². The molecule has 4 aromatic rings. The third-order valence-electron chi connectivity index (χ3n) is 7.07. The van der Waals surface area contributed by atoms with Gasteiger partial charge in [0.15, 0.2) is 17.1 Å². The Bertz CT molecular complexity index is 1490. The number of carbonyl (C=O) groups excluding carboxylic acids is 1. The van der Waals surface area contributed by atoms with E-state index < -0.39 is 5.41 Å². The van der Waals surface area contributed by atoms with Gasteiger partial charge in [-0.1, -0.05) is 48.0 Å². The predicted octanol–water partition coefficient (Wildman–Crippen LogP) is 5.05. The molecular weight excluding hydrogens is 520 g/mol. The molecule has 1 aliphatic rings. The van der Waals surface area contributed by atoms with Crippen LogP contribution in [0.1, 0.15) is 26.7 Å². The minimum absolute atomic E-state index is 0.0492. The van der Waals surface area contributed by atoms with Crippen LogP contribution in [0.4, 0.5) is 0 Å². The molecule has 3 N–H and O–H groups in total. The van der Waals surface area contributed by atoms with Crippen molar-refractivity contribution in [3.63, 3.8) is 0 Å². The van der Waals surface area contributed by atoms with E-state index in [-0.39, 0.29) is 24.4 Å². The summed E-state index contributed by atoms with van der Waals surface area (Å²) in [5.41, 5.74) is 3.24. The number of aliphatic hydroxyl groups is 1. The average Bonchev–Trinajstić information content (AvgIpc) is 3.33. The van der Waals surface area contributed by atoms with E-state index in [2.05, 4.69) is 15.0 Å². The van der Waals surface area contributed by atoms with Crippen LogP contribution >= 0.6 is 11.6 Å². The monoisotopic (exact) mass is 550 g/mol. The first-order valence-electron chi connectivity index (χ1n) is 12.8. The standard InChI is InChI=1S/C29H31ClN4O5/c1-29(2,16-35)27(37)34-13-11-19(12-14-34)39-28-31-22-15-21(30)24(32-26(22)33-28)18-9-7-17(8-10-18)20-5-4-6-23(38-3)25(20)36/h4-10,15,19,35-36H,11-14,16H2,1-3H3,(H,31,32,33). The molecule has 0 spiro atoms. The van der Waals surface area contributed by atoms with Crippen molar-refractivity contribution in [3.8, 4) is 39.9 Å². The van der Waals surface area contributed by atoms with E-state index in [0.717, 1.165) is 11.1 Å². The number of aromatic hydroxyl groups is 1. The number of hydrogen-bond donors (Lipinski definition) is 3. The number of methoxy groups -OCH3 is 1. The van der Waals surface area contributed by atoms with Crippen LogP contribution < -0.4 is 9.47 Å². The van der Waals surface area contributed by atoms with Gasteiger partial charge in [0.2, 0.25) is 5.91 Å². The van der Waals surface area contributed by atoms with Gasteiger partial charge >= 0.3 is 0 Å². The van der Waals surface area contributed by atoms with Gasteiger partial charge in [-0.05, 0) is 31.5 Å². The third kappa shape index (κ3) is 5.37. The van der Waals surface area contributed by atoms with Gasteiger partial charge in [-0.3, -0.25) is 4.79 Å². The second kappa shape index (κ2) is 10.7. The minimum atomic E-state index is -0.785. The number of carbonyl (C=O) groups is 1. The van der Waals surface area contributed by atoms with Crippen LogP contribution in [0.5, 0.6) is 17.5 Å². The largest absolute Gasteiger partial charge is 0.504 e. The molecule has 5 rings (SSSR count). The number of H-pyrrole nitrogens is 1. The second-order valence-electron chi connectivity index (χ2n) is 10.3. The lowest BCUT2D eigenvalue weighted by atomic mass is 9.91. The maximum atomic E-state index is 12.6. The van der Waals surface area contributed by atoms with Crippen LogP contribution in [0.2, 0.25) is 5.02 Å². The number of amides is 1. The summed E-state index contributed by atoms with van der Waals surface area (Å²) in [5.74, 6) is 0.445. The Morgan fingerprint density at radius 1 is 1.13 bits per heavy atom. The molecule has 1 amide bonds. The molecule has 1 fully saturated rings. The first-order valence-corrected chi connectivity index (χ1v) is 13.2. The van der Waals surface area contributed by atoms with E-state index in [1.807, 2.05) is 36.4 Å². The topological polar surface area (TPSA) is 121 Å². The highest BCUT2D eigenvalue weighted by atomic mass is 35.5. The number of nitrogens with zero attached hydrogens (tertiary/aromatic N) is 3. The molecule has 2 aromatic heterocycles. The number of phenols is 1. The zero-order valence-corrected chi connectivity index (χ0v) is 22.8. The van der Waals surface area contributed by atoms with E-state index in [0.29, 0.717) is 65.1 Å². The lowest BCUT2D eigenvalue weighted by Gasteiger charge is -2.36. The average molecular weight is 551 g/mol. The van der Waals surface area contributed by atoms with Crippen LogP contribution in [-0.2, 0) is 4.79 Å². The first-order chi connectivity index (χ1) is 18.7. The highest BCUT2D eigenvalue weighted by molar-refractivity contribution is 6.33. The SMILES string of the molecule is COc1cccc(-c2ccc(-c3nc4nc(OC5CCN(C(=O)C(C)(C)CO)CC5)[nH]c4cc3Cl)cc2)c1O. The Hall–Kier alpha value is -3.82. The van der Waals surface area contributed by atoms with E-state index in [9.17, 15) is 15.0 Å². The van der Waals surface area contributed by atoms with Crippen molar-refractivity contribution in [2.45, 2.75) is 32.8 Å². The van der Waals surface area contributed by atoms with Gasteiger partial charge in [0.1, 0.15) is 6.10 Å². The van der Waals surface area contributed by atoms with Crippen LogP contribution in [0.3, 0.4) is 0 Å². The Balaban J connectivity index is 1.30. The van der Waals surface area contributed by atoms with Crippen molar-refractivity contribution >= 4 is 28.7 Å². The smallest absolute Gasteiger partial charge is 0.296 e. The molecule has 39 heavy (non-hydrogen) atoms. The fourth-order valence-corrected chi connectivity index (χ4v) is 4.97. The zero-order valence-electron chi connectivity index (χ0n) is 22.1. The summed E-state index contributed by atoms with van der Waals surface area (Å²) in [4.78, 5) is 26.7. The van der Waals surface area contributed by atoms with Gasteiger partial charge < -0.3 is 29.6 Å². The summed E-state index contributed by atoms with van der Waals surface area (Å²) in [6.07, 6.45) is 1.24. The van der Waals surface area contributed by atoms with E-state index in [1.54, 1.807) is 30.9 Å². The number of fused-ring (bicyclic) bond motifs is 1. The minimum Gasteiger partial charge on any atom is -0.504 e. The van der Waals surface area contributed by atoms with Crippen molar-refractivity contribution < 1.29 is 24.5 Å². The van der Waals surface area contributed by atoms with Crippen molar-refractivity contribution in [2.75, 3.05) is 26.8 Å². The number of rotatable bonds is 7. The molecule has 10 heteroatoms. The maximum absolute atomic E-state index is 12.6. The number of hydrogen-bond acceptors (Lipinski definition) is 7. The Labute approximate surface area is 231 Å². The van der Waals surface area contributed by atoms with Crippen molar-refractivity contribution in [3.05, 3.63) is 53.6 Å². The van der Waals surface area contributed by atoms with Crippen molar-refractivity contribution in [1.82, 2.24) is 19.9 Å². The fourth-order valence-electron chi connectivity index (χ4n) is 4.71. The van der Waals surface area contributed by atoms with E-state index in [1.165, 1.54) is 7.11 Å². The molecular formula is C29H31ClN4O5. The van der Waals surface area contributed by atoms with Gasteiger partial charge in [0, 0.05) is 37.1 Å². The molecule has 0 atom stereocenters. The summed E-state index contributed by atoms with van der Waals surface area (Å²) in [6, 6.07) is 15.1. The molecule has 0 bridgehead atoms. The summed E-state index contributed by atoms with van der Waals surface area (Å²) in [6.45, 7) is 4.43. The number of aromatic nitrogens is 3. The van der Waals surface area contributed by atoms with Gasteiger partial charge in [0.05, 0.1) is 35.4 Å². The number of piperidine rings is 1. The van der Waals surface area contributed by atoms with Gasteiger partial charge in [0.25, 0.3) is 6.01 Å². The van der Waals surface area contributed by atoms with Gasteiger partial charge in [-0.2, -0.15) is 4.98 Å². The molecule has 1 saturated heterocycles. The number of halogens is 1. The number of phenolic OH excluding ortho intramolecular Hbond substituents is 1. The molecule has 0 aliphatic carbocycles. The number of para-hydroxylation sites is 1.